The maximum absolute atomic E-state index is 12.2. The number of thiazole rings is 1. The van der Waals surface area contributed by atoms with E-state index in [-0.39, 0.29) is 5.91 Å². The van der Waals surface area contributed by atoms with Gasteiger partial charge in [-0.1, -0.05) is 64.8 Å². The zero-order chi connectivity index (χ0) is 18.5. The van der Waals surface area contributed by atoms with Crippen molar-refractivity contribution in [1.29, 1.82) is 0 Å². The molecule has 0 saturated carbocycles. The van der Waals surface area contributed by atoms with Gasteiger partial charge in [0, 0.05) is 26.0 Å². The van der Waals surface area contributed by atoms with Crippen LogP contribution in [0.15, 0.2) is 59.1 Å². The summed E-state index contributed by atoms with van der Waals surface area (Å²) in [7, 11) is 0. The summed E-state index contributed by atoms with van der Waals surface area (Å²) in [5, 5.41) is 4.04. The molecule has 1 heterocycles. The zero-order valence-corrected chi connectivity index (χ0v) is 17.2. The second kappa shape index (κ2) is 8.62. The second-order valence-corrected chi connectivity index (χ2v) is 7.90. The lowest BCUT2D eigenvalue weighted by Crippen LogP contribution is -2.07. The molecule has 0 radical (unpaired) electrons. The van der Waals surface area contributed by atoms with E-state index in [1.54, 1.807) is 12.1 Å². The van der Waals surface area contributed by atoms with Crippen molar-refractivity contribution in [2.45, 2.75) is 13.3 Å². The Morgan fingerprint density at radius 3 is 2.65 bits per heavy atom. The number of aromatic nitrogens is 1. The second-order valence-electron chi connectivity index (χ2n) is 5.50. The summed E-state index contributed by atoms with van der Waals surface area (Å²) in [6.45, 7) is 2.08. The highest BCUT2D eigenvalue weighted by molar-refractivity contribution is 9.10. The van der Waals surface area contributed by atoms with E-state index in [4.69, 9.17) is 11.6 Å². The Balaban J connectivity index is 1.77. The molecule has 0 spiro atoms. The molecule has 0 aliphatic rings. The SMILES string of the molecule is CCc1sc(NC(=O)/C=C/c2ccccc2Cl)nc1-c1ccc(Br)cc1. The van der Waals surface area contributed by atoms with E-state index in [1.807, 2.05) is 42.5 Å². The van der Waals surface area contributed by atoms with Crippen LogP contribution in [0.1, 0.15) is 17.4 Å². The van der Waals surface area contributed by atoms with Gasteiger partial charge in [-0.15, -0.1) is 11.3 Å². The fraction of sp³-hybridized carbons (Fsp3) is 0.100. The quantitative estimate of drug-likeness (QED) is 0.457. The van der Waals surface area contributed by atoms with Crippen LogP contribution in [0.3, 0.4) is 0 Å². The summed E-state index contributed by atoms with van der Waals surface area (Å²) >= 11 is 11.0. The molecule has 2 aromatic carbocycles. The van der Waals surface area contributed by atoms with E-state index < -0.39 is 0 Å². The number of carbonyl (C=O) groups is 1. The van der Waals surface area contributed by atoms with Gasteiger partial charge in [-0.25, -0.2) is 4.98 Å². The molecule has 0 unspecified atom stereocenters. The summed E-state index contributed by atoms with van der Waals surface area (Å²) < 4.78 is 1.02. The average Bonchev–Trinajstić information content (AvgIpc) is 3.04. The predicted octanol–water partition coefficient (Wildman–Crippen LogP) is 6.44. The van der Waals surface area contributed by atoms with Crippen molar-refractivity contribution in [1.82, 2.24) is 4.98 Å². The number of rotatable bonds is 5. The van der Waals surface area contributed by atoms with Crippen LogP contribution in [0, 0.1) is 0 Å². The Bertz CT molecular complexity index is 951. The molecular weight excluding hydrogens is 432 g/mol. The highest BCUT2D eigenvalue weighted by Gasteiger charge is 2.13. The minimum absolute atomic E-state index is 0.233. The average molecular weight is 448 g/mol. The maximum atomic E-state index is 12.2. The van der Waals surface area contributed by atoms with Crippen LogP contribution in [0.25, 0.3) is 17.3 Å². The molecule has 132 valence electrons. The Morgan fingerprint density at radius 2 is 1.96 bits per heavy atom. The lowest BCUT2D eigenvalue weighted by Gasteiger charge is -2.00. The summed E-state index contributed by atoms with van der Waals surface area (Å²) in [5.41, 5.74) is 2.75. The number of amides is 1. The molecule has 1 amide bonds. The molecule has 3 aromatic rings. The van der Waals surface area contributed by atoms with Gasteiger partial charge in [0.15, 0.2) is 5.13 Å². The molecule has 0 aliphatic carbocycles. The van der Waals surface area contributed by atoms with Gasteiger partial charge in [0.25, 0.3) is 0 Å². The first-order valence-electron chi connectivity index (χ1n) is 8.06. The summed E-state index contributed by atoms with van der Waals surface area (Å²) in [5.74, 6) is -0.233. The van der Waals surface area contributed by atoms with E-state index in [2.05, 4.69) is 33.2 Å². The van der Waals surface area contributed by atoms with Crippen molar-refractivity contribution in [3.8, 4) is 11.3 Å². The number of nitrogens with zero attached hydrogens (tertiary/aromatic N) is 1. The maximum Gasteiger partial charge on any atom is 0.250 e. The molecule has 3 nitrogen and oxygen atoms in total. The topological polar surface area (TPSA) is 42.0 Å². The van der Waals surface area contributed by atoms with Crippen LogP contribution in [-0.4, -0.2) is 10.9 Å². The van der Waals surface area contributed by atoms with Gasteiger partial charge in [-0.3, -0.25) is 10.1 Å². The van der Waals surface area contributed by atoms with Crippen molar-refractivity contribution in [3.05, 3.63) is 74.5 Å². The fourth-order valence-corrected chi connectivity index (χ4v) is 3.79. The smallest absolute Gasteiger partial charge is 0.250 e. The van der Waals surface area contributed by atoms with Crippen molar-refractivity contribution in [2.24, 2.45) is 0 Å². The van der Waals surface area contributed by atoms with Crippen molar-refractivity contribution < 1.29 is 4.79 Å². The third-order valence-electron chi connectivity index (χ3n) is 3.69. The highest BCUT2D eigenvalue weighted by atomic mass is 79.9. The highest BCUT2D eigenvalue weighted by Crippen LogP contribution is 2.32. The van der Waals surface area contributed by atoms with Crippen LogP contribution in [0.4, 0.5) is 5.13 Å². The Morgan fingerprint density at radius 1 is 1.23 bits per heavy atom. The Labute approximate surface area is 169 Å². The summed E-state index contributed by atoms with van der Waals surface area (Å²) in [6, 6.07) is 15.4. The first kappa shape index (κ1) is 18.8. The Hall–Kier alpha value is -1.95. The third kappa shape index (κ3) is 4.61. The lowest BCUT2D eigenvalue weighted by atomic mass is 10.1. The molecule has 26 heavy (non-hydrogen) atoms. The van der Waals surface area contributed by atoms with E-state index in [0.29, 0.717) is 10.2 Å². The normalized spacial score (nSPS) is 11.0. The molecule has 1 N–H and O–H groups in total. The van der Waals surface area contributed by atoms with E-state index >= 15 is 0 Å². The van der Waals surface area contributed by atoms with E-state index in [1.165, 1.54) is 17.4 Å². The predicted molar refractivity (Wildman–Crippen MR) is 114 cm³/mol. The minimum atomic E-state index is -0.233. The number of benzene rings is 2. The number of nitrogens with one attached hydrogen (secondary N) is 1. The number of hydrogen-bond acceptors (Lipinski definition) is 3. The van der Waals surface area contributed by atoms with Gasteiger partial charge in [-0.2, -0.15) is 0 Å². The van der Waals surface area contributed by atoms with Gasteiger partial charge in [0.05, 0.1) is 5.69 Å². The van der Waals surface area contributed by atoms with Crippen LogP contribution in [0.5, 0.6) is 0 Å². The first-order chi connectivity index (χ1) is 12.6. The number of carbonyl (C=O) groups excluding carboxylic acids is 1. The molecule has 0 fully saturated rings. The summed E-state index contributed by atoms with van der Waals surface area (Å²) in [4.78, 5) is 17.9. The molecule has 0 bridgehead atoms. The molecule has 0 saturated heterocycles. The van der Waals surface area contributed by atoms with Crippen LogP contribution >= 0.6 is 38.9 Å². The monoisotopic (exact) mass is 446 g/mol. The molecule has 3 rings (SSSR count). The summed E-state index contributed by atoms with van der Waals surface area (Å²) in [6.07, 6.45) is 4.02. The van der Waals surface area contributed by atoms with E-state index in [0.717, 1.165) is 32.6 Å². The van der Waals surface area contributed by atoms with Gasteiger partial charge in [0.2, 0.25) is 5.91 Å². The van der Waals surface area contributed by atoms with Crippen LogP contribution in [-0.2, 0) is 11.2 Å². The molecule has 0 atom stereocenters. The number of aryl methyl sites for hydroxylation is 1. The largest absolute Gasteiger partial charge is 0.298 e. The van der Waals surface area contributed by atoms with Crippen molar-refractivity contribution >= 4 is 56.0 Å². The molecular formula is C20H16BrClN2OS. The van der Waals surface area contributed by atoms with Gasteiger partial charge in [0.1, 0.15) is 0 Å². The zero-order valence-electron chi connectivity index (χ0n) is 14.0. The Kier molecular flexibility index (Phi) is 6.25. The lowest BCUT2D eigenvalue weighted by molar-refractivity contribution is -0.111. The third-order valence-corrected chi connectivity index (χ3v) is 5.67. The number of anilines is 1. The molecule has 6 heteroatoms. The number of halogens is 2. The number of hydrogen-bond donors (Lipinski definition) is 1. The standard InChI is InChI=1S/C20H16BrClN2OS/c1-2-17-19(14-7-10-15(21)11-8-14)24-20(26-17)23-18(25)12-9-13-5-3-4-6-16(13)22/h3-12H,2H2,1H3,(H,23,24,25)/b12-9+. The van der Waals surface area contributed by atoms with Gasteiger partial charge in [-0.05, 0) is 36.3 Å². The molecule has 0 aliphatic heterocycles. The van der Waals surface area contributed by atoms with Crippen LogP contribution in [0.2, 0.25) is 5.02 Å². The minimum Gasteiger partial charge on any atom is -0.298 e. The van der Waals surface area contributed by atoms with Crippen molar-refractivity contribution in [2.75, 3.05) is 5.32 Å². The van der Waals surface area contributed by atoms with Crippen molar-refractivity contribution in [3.63, 3.8) is 0 Å². The molecule has 1 aromatic heterocycles. The fourth-order valence-electron chi connectivity index (χ4n) is 2.40. The van der Waals surface area contributed by atoms with Gasteiger partial charge >= 0.3 is 0 Å². The van der Waals surface area contributed by atoms with Gasteiger partial charge < -0.3 is 0 Å². The van der Waals surface area contributed by atoms with E-state index in [9.17, 15) is 4.79 Å². The first-order valence-corrected chi connectivity index (χ1v) is 10.0. The van der Waals surface area contributed by atoms with Crippen LogP contribution < -0.4 is 5.32 Å².